The third-order valence-corrected chi connectivity index (χ3v) is 3.07. The SMILES string of the molecule is Cn1cc(N)cc1C(=O)Nc1cccc(CCCO)c1. The fraction of sp³-hybridized carbons (Fsp3) is 0.267. The Labute approximate surface area is 118 Å². The Bertz CT molecular complexity index is 605. The highest BCUT2D eigenvalue weighted by atomic mass is 16.2. The Balaban J connectivity index is 2.09. The molecule has 0 fully saturated rings. The molecule has 0 saturated heterocycles. The summed E-state index contributed by atoms with van der Waals surface area (Å²) in [5.74, 6) is -0.191. The van der Waals surface area contributed by atoms with Crippen LogP contribution in [0, 0.1) is 0 Å². The van der Waals surface area contributed by atoms with Crippen molar-refractivity contribution in [2.45, 2.75) is 12.8 Å². The topological polar surface area (TPSA) is 80.3 Å². The number of aryl methyl sites for hydroxylation is 2. The van der Waals surface area contributed by atoms with E-state index in [9.17, 15) is 4.79 Å². The van der Waals surface area contributed by atoms with Gasteiger partial charge in [-0.15, -0.1) is 0 Å². The number of nitrogen functional groups attached to an aromatic ring is 1. The molecule has 1 amide bonds. The highest BCUT2D eigenvalue weighted by molar-refractivity contribution is 6.03. The lowest BCUT2D eigenvalue weighted by molar-refractivity contribution is 0.101. The summed E-state index contributed by atoms with van der Waals surface area (Å²) in [6.07, 6.45) is 3.20. The molecule has 1 aromatic heterocycles. The smallest absolute Gasteiger partial charge is 0.272 e. The summed E-state index contributed by atoms with van der Waals surface area (Å²) in [6, 6.07) is 9.27. The molecule has 2 aromatic rings. The molecule has 20 heavy (non-hydrogen) atoms. The Morgan fingerprint density at radius 1 is 1.40 bits per heavy atom. The highest BCUT2D eigenvalue weighted by Crippen LogP contribution is 2.15. The van der Waals surface area contributed by atoms with E-state index in [1.165, 1.54) is 0 Å². The standard InChI is InChI=1S/C15H19N3O2/c1-18-10-12(16)9-14(18)15(20)17-13-6-2-4-11(8-13)5-3-7-19/h2,4,6,8-10,19H,3,5,7,16H2,1H3,(H,17,20). The number of nitrogens with one attached hydrogen (secondary N) is 1. The van der Waals surface area contributed by atoms with Crippen molar-refractivity contribution in [2.75, 3.05) is 17.7 Å². The van der Waals surface area contributed by atoms with Crippen molar-refractivity contribution in [1.29, 1.82) is 0 Å². The predicted octanol–water partition coefficient (Wildman–Crippen LogP) is 1.78. The van der Waals surface area contributed by atoms with Gasteiger partial charge in [0.05, 0.1) is 5.69 Å². The molecule has 0 atom stereocenters. The van der Waals surface area contributed by atoms with Crippen molar-refractivity contribution in [3.05, 3.63) is 47.8 Å². The van der Waals surface area contributed by atoms with Crippen molar-refractivity contribution in [3.8, 4) is 0 Å². The van der Waals surface area contributed by atoms with Crippen molar-refractivity contribution >= 4 is 17.3 Å². The number of rotatable bonds is 5. The molecule has 5 nitrogen and oxygen atoms in total. The fourth-order valence-electron chi connectivity index (χ4n) is 2.10. The van der Waals surface area contributed by atoms with E-state index < -0.39 is 0 Å². The van der Waals surface area contributed by atoms with Crippen LogP contribution in [0.2, 0.25) is 0 Å². The second kappa shape index (κ2) is 6.25. The zero-order chi connectivity index (χ0) is 14.5. The van der Waals surface area contributed by atoms with Gasteiger partial charge in [-0.25, -0.2) is 0 Å². The van der Waals surface area contributed by atoms with Crippen LogP contribution in [0.5, 0.6) is 0 Å². The molecule has 0 radical (unpaired) electrons. The third-order valence-electron chi connectivity index (χ3n) is 3.07. The summed E-state index contributed by atoms with van der Waals surface area (Å²) in [5, 5.41) is 11.7. The van der Waals surface area contributed by atoms with Gasteiger partial charge >= 0.3 is 0 Å². The number of aliphatic hydroxyl groups excluding tert-OH is 1. The third kappa shape index (κ3) is 3.39. The Hall–Kier alpha value is -2.27. The van der Waals surface area contributed by atoms with Crippen LogP contribution < -0.4 is 11.1 Å². The van der Waals surface area contributed by atoms with E-state index in [0.717, 1.165) is 17.7 Å². The quantitative estimate of drug-likeness (QED) is 0.777. The first-order chi connectivity index (χ1) is 9.60. The summed E-state index contributed by atoms with van der Waals surface area (Å²) >= 11 is 0. The van der Waals surface area contributed by atoms with Gasteiger partial charge in [0.1, 0.15) is 5.69 Å². The van der Waals surface area contributed by atoms with Crippen molar-refractivity contribution in [3.63, 3.8) is 0 Å². The lowest BCUT2D eigenvalue weighted by Crippen LogP contribution is -2.15. The van der Waals surface area contributed by atoms with Crippen LogP contribution in [0.1, 0.15) is 22.5 Å². The van der Waals surface area contributed by atoms with Gasteiger partial charge in [0, 0.05) is 25.5 Å². The zero-order valence-electron chi connectivity index (χ0n) is 11.5. The Kier molecular flexibility index (Phi) is 4.42. The molecule has 0 aliphatic heterocycles. The minimum absolute atomic E-state index is 0.166. The van der Waals surface area contributed by atoms with Gasteiger partial charge < -0.3 is 20.7 Å². The van der Waals surface area contributed by atoms with Gasteiger partial charge in [0.2, 0.25) is 0 Å². The van der Waals surface area contributed by atoms with E-state index in [0.29, 0.717) is 17.8 Å². The van der Waals surface area contributed by atoms with Gasteiger partial charge in [-0.05, 0) is 36.6 Å². The number of hydrogen-bond donors (Lipinski definition) is 3. The number of benzene rings is 1. The summed E-state index contributed by atoms with van der Waals surface area (Å²) in [4.78, 5) is 12.1. The number of carbonyl (C=O) groups excluding carboxylic acids is 1. The van der Waals surface area contributed by atoms with E-state index in [-0.39, 0.29) is 12.5 Å². The van der Waals surface area contributed by atoms with Crippen molar-refractivity contribution in [2.24, 2.45) is 7.05 Å². The number of carbonyl (C=O) groups is 1. The first-order valence-electron chi connectivity index (χ1n) is 6.53. The molecule has 1 heterocycles. The second-order valence-electron chi connectivity index (χ2n) is 4.75. The average molecular weight is 273 g/mol. The number of nitrogens with zero attached hydrogens (tertiary/aromatic N) is 1. The van der Waals surface area contributed by atoms with Crippen LogP contribution in [0.15, 0.2) is 36.5 Å². The van der Waals surface area contributed by atoms with E-state index in [1.54, 1.807) is 23.9 Å². The van der Waals surface area contributed by atoms with Gasteiger partial charge in [0.15, 0.2) is 0 Å². The molecule has 0 aliphatic carbocycles. The summed E-state index contributed by atoms with van der Waals surface area (Å²) in [7, 11) is 1.78. The minimum atomic E-state index is -0.191. The number of hydrogen-bond acceptors (Lipinski definition) is 3. The zero-order valence-corrected chi connectivity index (χ0v) is 11.5. The Morgan fingerprint density at radius 3 is 2.85 bits per heavy atom. The van der Waals surface area contributed by atoms with Gasteiger partial charge in [-0.1, -0.05) is 12.1 Å². The molecule has 1 aromatic carbocycles. The molecule has 0 unspecified atom stereocenters. The average Bonchev–Trinajstić information content (AvgIpc) is 2.76. The molecule has 106 valence electrons. The van der Waals surface area contributed by atoms with Crippen molar-refractivity contribution < 1.29 is 9.90 Å². The van der Waals surface area contributed by atoms with Crippen molar-refractivity contribution in [1.82, 2.24) is 4.57 Å². The number of anilines is 2. The van der Waals surface area contributed by atoms with Gasteiger partial charge in [-0.2, -0.15) is 0 Å². The van der Waals surface area contributed by atoms with Crippen LogP contribution in [0.25, 0.3) is 0 Å². The molecule has 5 heteroatoms. The van der Waals surface area contributed by atoms with Gasteiger partial charge in [0.25, 0.3) is 5.91 Å². The van der Waals surface area contributed by atoms with Crippen LogP contribution in [-0.4, -0.2) is 22.2 Å². The maximum Gasteiger partial charge on any atom is 0.272 e. The molecule has 0 spiro atoms. The predicted molar refractivity (Wildman–Crippen MR) is 79.6 cm³/mol. The molecular formula is C15H19N3O2. The molecule has 0 aliphatic rings. The summed E-state index contributed by atoms with van der Waals surface area (Å²) in [5.41, 5.74) is 8.57. The molecule has 0 bridgehead atoms. The molecule has 2 rings (SSSR count). The number of aromatic nitrogens is 1. The van der Waals surface area contributed by atoms with E-state index >= 15 is 0 Å². The van der Waals surface area contributed by atoms with Crippen LogP contribution in [-0.2, 0) is 13.5 Å². The summed E-state index contributed by atoms with van der Waals surface area (Å²) < 4.78 is 1.69. The second-order valence-corrected chi connectivity index (χ2v) is 4.75. The van der Waals surface area contributed by atoms with Crippen LogP contribution in [0.4, 0.5) is 11.4 Å². The summed E-state index contributed by atoms with van der Waals surface area (Å²) in [6.45, 7) is 0.166. The highest BCUT2D eigenvalue weighted by Gasteiger charge is 2.11. The lowest BCUT2D eigenvalue weighted by Gasteiger charge is -2.08. The number of nitrogens with two attached hydrogens (primary N) is 1. The molecular weight excluding hydrogens is 254 g/mol. The first-order valence-corrected chi connectivity index (χ1v) is 6.53. The van der Waals surface area contributed by atoms with Crippen LogP contribution >= 0.6 is 0 Å². The first kappa shape index (κ1) is 14.1. The normalized spacial score (nSPS) is 10.5. The molecule has 4 N–H and O–H groups in total. The number of aliphatic hydroxyl groups is 1. The van der Waals surface area contributed by atoms with E-state index in [2.05, 4.69) is 5.32 Å². The number of amides is 1. The monoisotopic (exact) mass is 273 g/mol. The largest absolute Gasteiger partial charge is 0.397 e. The van der Waals surface area contributed by atoms with E-state index in [4.69, 9.17) is 10.8 Å². The Morgan fingerprint density at radius 2 is 2.20 bits per heavy atom. The maximum atomic E-state index is 12.1. The minimum Gasteiger partial charge on any atom is -0.397 e. The lowest BCUT2D eigenvalue weighted by atomic mass is 10.1. The van der Waals surface area contributed by atoms with Crippen LogP contribution in [0.3, 0.4) is 0 Å². The van der Waals surface area contributed by atoms with E-state index in [1.807, 2.05) is 24.3 Å². The van der Waals surface area contributed by atoms with Gasteiger partial charge in [-0.3, -0.25) is 4.79 Å². The maximum absolute atomic E-state index is 12.1. The molecule has 0 saturated carbocycles. The fourth-order valence-corrected chi connectivity index (χ4v) is 2.10.